The summed E-state index contributed by atoms with van der Waals surface area (Å²) in [5.74, 6) is -0.109. The molecule has 1 rings (SSSR count). The van der Waals surface area contributed by atoms with Gasteiger partial charge in [-0.2, -0.15) is 0 Å². The molecule has 0 spiro atoms. The third-order valence-electron chi connectivity index (χ3n) is 2.08. The Kier molecular flexibility index (Phi) is 3.92. The van der Waals surface area contributed by atoms with Gasteiger partial charge in [-0.15, -0.1) is 6.58 Å². The summed E-state index contributed by atoms with van der Waals surface area (Å²) in [5, 5.41) is 2.84. The molecule has 14 heavy (non-hydrogen) atoms. The van der Waals surface area contributed by atoms with Gasteiger partial charge in [0.1, 0.15) is 0 Å². The standard InChI is InChI=1S/C12H15NO/c1-3-10(2)12(14)13-9-11-7-5-4-6-8-11/h3-8,10H,1,9H2,2H3,(H,13,14)/t10-/m1/s1. The summed E-state index contributed by atoms with van der Waals surface area (Å²) in [6.45, 7) is 5.98. The summed E-state index contributed by atoms with van der Waals surface area (Å²) in [7, 11) is 0. The molecule has 0 fully saturated rings. The van der Waals surface area contributed by atoms with Gasteiger partial charge in [0.05, 0.1) is 5.92 Å². The lowest BCUT2D eigenvalue weighted by Crippen LogP contribution is -2.27. The molecule has 1 aromatic rings. The van der Waals surface area contributed by atoms with Gasteiger partial charge in [-0.3, -0.25) is 4.79 Å². The van der Waals surface area contributed by atoms with Gasteiger partial charge in [-0.1, -0.05) is 43.3 Å². The Morgan fingerprint density at radius 2 is 2.14 bits per heavy atom. The topological polar surface area (TPSA) is 29.1 Å². The van der Waals surface area contributed by atoms with Gasteiger partial charge in [0, 0.05) is 6.54 Å². The van der Waals surface area contributed by atoms with E-state index in [4.69, 9.17) is 0 Å². The zero-order valence-corrected chi connectivity index (χ0v) is 8.36. The van der Waals surface area contributed by atoms with Crippen LogP contribution in [0, 0.1) is 5.92 Å². The van der Waals surface area contributed by atoms with Crippen molar-refractivity contribution in [1.82, 2.24) is 5.32 Å². The van der Waals surface area contributed by atoms with E-state index >= 15 is 0 Å². The van der Waals surface area contributed by atoms with Gasteiger partial charge in [0.15, 0.2) is 0 Å². The highest BCUT2D eigenvalue weighted by Gasteiger charge is 2.06. The van der Waals surface area contributed by atoms with Crippen molar-refractivity contribution in [1.29, 1.82) is 0 Å². The first-order valence-corrected chi connectivity index (χ1v) is 4.68. The predicted molar refractivity (Wildman–Crippen MR) is 57.6 cm³/mol. The molecular formula is C12H15NO. The van der Waals surface area contributed by atoms with E-state index in [1.807, 2.05) is 37.3 Å². The van der Waals surface area contributed by atoms with Crippen molar-refractivity contribution in [3.05, 3.63) is 48.6 Å². The van der Waals surface area contributed by atoms with Crippen LogP contribution >= 0.6 is 0 Å². The van der Waals surface area contributed by atoms with E-state index in [0.29, 0.717) is 6.54 Å². The fourth-order valence-corrected chi connectivity index (χ4v) is 1.05. The van der Waals surface area contributed by atoms with Crippen molar-refractivity contribution in [2.75, 3.05) is 0 Å². The number of hydrogen-bond acceptors (Lipinski definition) is 1. The highest BCUT2D eigenvalue weighted by molar-refractivity contribution is 5.79. The normalized spacial score (nSPS) is 11.8. The minimum absolute atomic E-state index is 0.0175. The summed E-state index contributed by atoms with van der Waals surface area (Å²) in [6.07, 6.45) is 1.64. The van der Waals surface area contributed by atoms with Crippen LogP contribution < -0.4 is 5.32 Å². The molecule has 2 heteroatoms. The lowest BCUT2D eigenvalue weighted by Gasteiger charge is -2.07. The Morgan fingerprint density at radius 1 is 1.50 bits per heavy atom. The second kappa shape index (κ2) is 5.22. The molecule has 0 unspecified atom stereocenters. The second-order valence-corrected chi connectivity index (χ2v) is 3.23. The maximum Gasteiger partial charge on any atom is 0.226 e. The molecule has 2 nitrogen and oxygen atoms in total. The third-order valence-corrected chi connectivity index (χ3v) is 2.08. The van der Waals surface area contributed by atoms with Crippen LogP contribution in [0.25, 0.3) is 0 Å². The van der Waals surface area contributed by atoms with E-state index in [2.05, 4.69) is 11.9 Å². The number of hydrogen-bond donors (Lipinski definition) is 1. The van der Waals surface area contributed by atoms with Gasteiger partial charge >= 0.3 is 0 Å². The van der Waals surface area contributed by atoms with E-state index in [9.17, 15) is 4.79 Å². The largest absolute Gasteiger partial charge is 0.352 e. The van der Waals surface area contributed by atoms with E-state index in [1.54, 1.807) is 6.08 Å². The molecule has 0 heterocycles. The molecule has 0 radical (unpaired) electrons. The van der Waals surface area contributed by atoms with Crippen molar-refractivity contribution < 1.29 is 4.79 Å². The summed E-state index contributed by atoms with van der Waals surface area (Å²) >= 11 is 0. The first kappa shape index (κ1) is 10.5. The second-order valence-electron chi connectivity index (χ2n) is 3.23. The van der Waals surface area contributed by atoms with Crippen molar-refractivity contribution >= 4 is 5.91 Å². The molecule has 0 aliphatic heterocycles. The fourth-order valence-electron chi connectivity index (χ4n) is 1.05. The van der Waals surface area contributed by atoms with Gasteiger partial charge in [-0.25, -0.2) is 0 Å². The number of carbonyl (C=O) groups excluding carboxylic acids is 1. The van der Waals surface area contributed by atoms with Crippen molar-refractivity contribution in [3.8, 4) is 0 Å². The number of benzene rings is 1. The van der Waals surface area contributed by atoms with Crippen LogP contribution in [-0.2, 0) is 11.3 Å². The Bertz CT molecular complexity index is 305. The van der Waals surface area contributed by atoms with Gasteiger partial charge in [0.25, 0.3) is 0 Å². The number of nitrogens with one attached hydrogen (secondary N) is 1. The minimum Gasteiger partial charge on any atom is -0.352 e. The number of amides is 1. The maximum atomic E-state index is 11.4. The summed E-state index contributed by atoms with van der Waals surface area (Å²) < 4.78 is 0. The van der Waals surface area contributed by atoms with Gasteiger partial charge in [0.2, 0.25) is 5.91 Å². The lowest BCUT2D eigenvalue weighted by molar-refractivity contribution is -0.123. The molecule has 1 N–H and O–H groups in total. The van der Waals surface area contributed by atoms with Crippen LogP contribution in [0.2, 0.25) is 0 Å². The molecule has 0 saturated heterocycles. The zero-order chi connectivity index (χ0) is 10.4. The van der Waals surface area contributed by atoms with Crippen LogP contribution in [0.4, 0.5) is 0 Å². The van der Waals surface area contributed by atoms with Crippen LogP contribution in [0.1, 0.15) is 12.5 Å². The van der Waals surface area contributed by atoms with Gasteiger partial charge in [-0.05, 0) is 5.56 Å². The molecule has 1 atom stereocenters. The highest BCUT2D eigenvalue weighted by atomic mass is 16.1. The Hall–Kier alpha value is -1.57. The third kappa shape index (κ3) is 3.05. The predicted octanol–water partition coefficient (Wildman–Crippen LogP) is 2.12. The van der Waals surface area contributed by atoms with Crippen LogP contribution in [0.3, 0.4) is 0 Å². The molecule has 0 bridgehead atoms. The van der Waals surface area contributed by atoms with E-state index in [-0.39, 0.29) is 11.8 Å². The number of rotatable bonds is 4. The minimum atomic E-state index is -0.126. The van der Waals surface area contributed by atoms with Crippen LogP contribution in [0.15, 0.2) is 43.0 Å². The average molecular weight is 189 g/mol. The fraction of sp³-hybridized carbons (Fsp3) is 0.250. The Balaban J connectivity index is 2.42. The Morgan fingerprint density at radius 3 is 2.71 bits per heavy atom. The van der Waals surface area contributed by atoms with E-state index < -0.39 is 0 Å². The van der Waals surface area contributed by atoms with Crippen LogP contribution in [-0.4, -0.2) is 5.91 Å². The monoisotopic (exact) mass is 189 g/mol. The van der Waals surface area contributed by atoms with Crippen molar-refractivity contribution in [2.24, 2.45) is 5.92 Å². The molecule has 0 saturated carbocycles. The molecule has 0 aliphatic rings. The molecular weight excluding hydrogens is 174 g/mol. The SMILES string of the molecule is C=C[C@@H](C)C(=O)NCc1ccccc1. The molecule has 0 aromatic heterocycles. The first-order chi connectivity index (χ1) is 6.74. The quantitative estimate of drug-likeness (QED) is 0.722. The highest BCUT2D eigenvalue weighted by Crippen LogP contribution is 1.99. The zero-order valence-electron chi connectivity index (χ0n) is 8.36. The lowest BCUT2D eigenvalue weighted by atomic mass is 10.1. The van der Waals surface area contributed by atoms with Crippen molar-refractivity contribution in [2.45, 2.75) is 13.5 Å². The smallest absolute Gasteiger partial charge is 0.226 e. The maximum absolute atomic E-state index is 11.4. The van der Waals surface area contributed by atoms with Gasteiger partial charge < -0.3 is 5.32 Å². The van der Waals surface area contributed by atoms with Crippen LogP contribution in [0.5, 0.6) is 0 Å². The first-order valence-electron chi connectivity index (χ1n) is 4.68. The number of carbonyl (C=O) groups is 1. The molecule has 0 aliphatic carbocycles. The summed E-state index contributed by atoms with van der Waals surface area (Å²) in [4.78, 5) is 11.4. The van der Waals surface area contributed by atoms with Crippen molar-refractivity contribution in [3.63, 3.8) is 0 Å². The molecule has 1 amide bonds. The summed E-state index contributed by atoms with van der Waals surface area (Å²) in [5.41, 5.74) is 1.11. The average Bonchev–Trinajstić information content (AvgIpc) is 2.26. The van der Waals surface area contributed by atoms with E-state index in [0.717, 1.165) is 5.56 Å². The Labute approximate surface area is 84.6 Å². The molecule has 1 aromatic carbocycles. The molecule has 74 valence electrons. The summed E-state index contributed by atoms with van der Waals surface area (Å²) in [6, 6.07) is 9.84. The van der Waals surface area contributed by atoms with E-state index in [1.165, 1.54) is 0 Å².